The Bertz CT molecular complexity index is 504. The maximum atomic E-state index is 13.2. The van der Waals surface area contributed by atoms with E-state index in [4.69, 9.17) is 0 Å². The van der Waals surface area contributed by atoms with E-state index in [1.165, 1.54) is 18.2 Å². The number of nitrogens with zero attached hydrogens (tertiary/aromatic N) is 2. The van der Waals surface area contributed by atoms with Gasteiger partial charge in [0, 0.05) is 16.2 Å². The van der Waals surface area contributed by atoms with E-state index in [-0.39, 0.29) is 24.4 Å². The monoisotopic (exact) mass is 406 g/mol. The normalized spacial score (nSPS) is 17.0. The van der Waals surface area contributed by atoms with Gasteiger partial charge in [-0.15, -0.1) is 0 Å². The molecule has 1 aromatic rings. The maximum absolute atomic E-state index is 13.2. The van der Waals surface area contributed by atoms with E-state index < -0.39 is 0 Å². The molecule has 1 fully saturated rings. The Morgan fingerprint density at radius 3 is 2.71 bits per heavy atom. The summed E-state index contributed by atoms with van der Waals surface area (Å²) in [5.74, 6) is -0.466. The van der Waals surface area contributed by atoms with Crippen molar-refractivity contribution in [2.75, 3.05) is 33.3 Å². The zero-order valence-corrected chi connectivity index (χ0v) is 14.2. The summed E-state index contributed by atoms with van der Waals surface area (Å²) in [5, 5.41) is 9.26. The first-order valence-electron chi connectivity index (χ1n) is 7.08. The molecule has 4 nitrogen and oxygen atoms in total. The molecule has 6 heteroatoms. The number of carbonyl (C=O) groups is 1. The van der Waals surface area contributed by atoms with Crippen molar-refractivity contribution in [1.82, 2.24) is 9.80 Å². The molecule has 2 rings (SSSR count). The summed E-state index contributed by atoms with van der Waals surface area (Å²) in [7, 11) is 2.07. The van der Waals surface area contributed by atoms with Crippen molar-refractivity contribution in [2.45, 2.75) is 18.9 Å². The number of hydrogen-bond acceptors (Lipinski definition) is 3. The van der Waals surface area contributed by atoms with Gasteiger partial charge >= 0.3 is 0 Å². The number of piperidine rings is 1. The van der Waals surface area contributed by atoms with Gasteiger partial charge in [0.1, 0.15) is 5.82 Å². The lowest BCUT2D eigenvalue weighted by Gasteiger charge is -2.37. The van der Waals surface area contributed by atoms with Gasteiger partial charge in [0.25, 0.3) is 5.91 Å². The van der Waals surface area contributed by atoms with Gasteiger partial charge in [-0.3, -0.25) is 4.79 Å². The highest BCUT2D eigenvalue weighted by Gasteiger charge is 2.28. The van der Waals surface area contributed by atoms with Crippen molar-refractivity contribution in [3.05, 3.63) is 33.1 Å². The molecule has 1 aromatic carbocycles. The van der Waals surface area contributed by atoms with E-state index in [2.05, 4.69) is 11.9 Å². The first-order valence-corrected chi connectivity index (χ1v) is 8.16. The topological polar surface area (TPSA) is 43.8 Å². The zero-order valence-electron chi connectivity index (χ0n) is 12.1. The van der Waals surface area contributed by atoms with Crippen LogP contribution in [0.15, 0.2) is 18.2 Å². The summed E-state index contributed by atoms with van der Waals surface area (Å²) >= 11 is 1.98. The summed E-state index contributed by atoms with van der Waals surface area (Å²) in [5.41, 5.74) is 0.504. The Hall–Kier alpha value is -0.730. The number of hydrogen-bond donors (Lipinski definition) is 1. The molecule has 0 bridgehead atoms. The van der Waals surface area contributed by atoms with Gasteiger partial charge in [-0.2, -0.15) is 0 Å². The molecule has 0 spiro atoms. The number of halogens is 2. The molecule has 1 aliphatic rings. The van der Waals surface area contributed by atoms with Crippen LogP contribution in [0.1, 0.15) is 23.2 Å². The fourth-order valence-corrected chi connectivity index (χ4v) is 3.39. The molecule has 0 atom stereocenters. The van der Waals surface area contributed by atoms with Crippen molar-refractivity contribution < 1.29 is 14.3 Å². The van der Waals surface area contributed by atoms with Crippen LogP contribution in [0.5, 0.6) is 0 Å². The third-order valence-corrected chi connectivity index (χ3v) is 4.78. The van der Waals surface area contributed by atoms with Gasteiger partial charge in [0.05, 0.1) is 12.2 Å². The molecule has 1 aliphatic heterocycles. The third-order valence-electron chi connectivity index (χ3n) is 3.89. The van der Waals surface area contributed by atoms with E-state index >= 15 is 0 Å². The SMILES string of the molecule is CN1CCC(N(CCO)C(=O)c2ccc(F)cc2I)CC1. The largest absolute Gasteiger partial charge is 0.395 e. The molecular formula is C15H20FIN2O2. The summed E-state index contributed by atoms with van der Waals surface area (Å²) in [4.78, 5) is 16.7. The van der Waals surface area contributed by atoms with E-state index in [1.54, 1.807) is 4.90 Å². The molecule has 1 amide bonds. The van der Waals surface area contributed by atoms with Crippen LogP contribution in [0, 0.1) is 9.39 Å². The molecule has 1 heterocycles. The Labute approximate surface area is 138 Å². The number of aliphatic hydroxyl groups is 1. The van der Waals surface area contributed by atoms with Crippen molar-refractivity contribution >= 4 is 28.5 Å². The number of rotatable bonds is 4. The molecule has 116 valence electrons. The smallest absolute Gasteiger partial charge is 0.255 e. The molecule has 0 unspecified atom stereocenters. The number of amides is 1. The van der Waals surface area contributed by atoms with Gasteiger partial charge in [0.15, 0.2) is 0 Å². The molecule has 0 aromatic heterocycles. The van der Waals surface area contributed by atoms with Gasteiger partial charge in [-0.1, -0.05) is 0 Å². The summed E-state index contributed by atoms with van der Waals surface area (Å²) in [6.45, 7) is 2.15. The Morgan fingerprint density at radius 1 is 1.48 bits per heavy atom. The lowest BCUT2D eigenvalue weighted by Crippen LogP contribution is -2.47. The van der Waals surface area contributed by atoms with Crippen molar-refractivity contribution in [2.24, 2.45) is 0 Å². The molecule has 1 saturated heterocycles. The first-order chi connectivity index (χ1) is 10.0. The van der Waals surface area contributed by atoms with Crippen LogP contribution in [0.25, 0.3) is 0 Å². The third kappa shape index (κ3) is 4.14. The van der Waals surface area contributed by atoms with Crippen LogP contribution in [0.3, 0.4) is 0 Å². The standard InChI is InChI=1S/C15H20FIN2O2/c1-18-6-4-12(5-7-18)19(8-9-20)15(21)13-3-2-11(16)10-14(13)17/h2-3,10,12,20H,4-9H2,1H3. The van der Waals surface area contributed by atoms with E-state index in [1.807, 2.05) is 22.6 Å². The van der Waals surface area contributed by atoms with Crippen LogP contribution in [-0.2, 0) is 0 Å². The fraction of sp³-hybridized carbons (Fsp3) is 0.533. The highest BCUT2D eigenvalue weighted by atomic mass is 127. The Kier molecular flexibility index (Phi) is 5.95. The molecule has 21 heavy (non-hydrogen) atoms. The van der Waals surface area contributed by atoms with Crippen molar-refractivity contribution in [1.29, 1.82) is 0 Å². The molecule has 0 aliphatic carbocycles. The van der Waals surface area contributed by atoms with E-state index in [0.29, 0.717) is 15.7 Å². The lowest BCUT2D eigenvalue weighted by atomic mass is 10.0. The molecular weight excluding hydrogens is 386 g/mol. The number of carbonyl (C=O) groups excluding carboxylic acids is 1. The van der Waals surface area contributed by atoms with Crippen LogP contribution in [0.4, 0.5) is 4.39 Å². The van der Waals surface area contributed by atoms with Crippen molar-refractivity contribution in [3.63, 3.8) is 0 Å². The summed E-state index contributed by atoms with van der Waals surface area (Å²) in [6, 6.07) is 4.33. The van der Waals surface area contributed by atoms with Gasteiger partial charge in [0.2, 0.25) is 0 Å². The predicted molar refractivity (Wildman–Crippen MR) is 87.8 cm³/mol. The summed E-state index contributed by atoms with van der Waals surface area (Å²) < 4.78 is 13.8. The van der Waals surface area contributed by atoms with Crippen molar-refractivity contribution in [3.8, 4) is 0 Å². The zero-order chi connectivity index (χ0) is 15.4. The van der Waals surface area contributed by atoms with Gasteiger partial charge in [-0.05, 0) is 73.8 Å². The number of benzene rings is 1. The lowest BCUT2D eigenvalue weighted by molar-refractivity contribution is 0.0539. The second-order valence-corrected chi connectivity index (χ2v) is 6.54. The average molecular weight is 406 g/mol. The van der Waals surface area contributed by atoms with E-state index in [0.717, 1.165) is 25.9 Å². The highest BCUT2D eigenvalue weighted by molar-refractivity contribution is 14.1. The average Bonchev–Trinajstić information content (AvgIpc) is 2.45. The van der Waals surface area contributed by atoms with E-state index in [9.17, 15) is 14.3 Å². The second kappa shape index (κ2) is 7.51. The second-order valence-electron chi connectivity index (χ2n) is 5.38. The number of likely N-dealkylation sites (tertiary alicyclic amines) is 1. The van der Waals surface area contributed by atoms with Crippen LogP contribution < -0.4 is 0 Å². The molecule has 1 N–H and O–H groups in total. The maximum Gasteiger partial charge on any atom is 0.255 e. The summed E-state index contributed by atoms with van der Waals surface area (Å²) in [6.07, 6.45) is 1.81. The minimum atomic E-state index is -0.344. The Morgan fingerprint density at radius 2 is 2.14 bits per heavy atom. The van der Waals surface area contributed by atoms with Crippen LogP contribution in [0.2, 0.25) is 0 Å². The highest BCUT2D eigenvalue weighted by Crippen LogP contribution is 2.21. The molecule has 0 radical (unpaired) electrons. The predicted octanol–water partition coefficient (Wildman–Crippen LogP) is 1.96. The number of aliphatic hydroxyl groups excluding tert-OH is 1. The molecule has 0 saturated carbocycles. The van der Waals surface area contributed by atoms with Gasteiger partial charge < -0.3 is 14.9 Å². The fourth-order valence-electron chi connectivity index (χ4n) is 2.68. The van der Waals surface area contributed by atoms with Crippen LogP contribution >= 0.6 is 22.6 Å². The minimum absolute atomic E-state index is 0.0597. The quantitative estimate of drug-likeness (QED) is 0.778. The first kappa shape index (κ1) is 16.6. The van der Waals surface area contributed by atoms with Gasteiger partial charge in [-0.25, -0.2) is 4.39 Å². The van der Waals surface area contributed by atoms with Crippen LogP contribution in [-0.4, -0.2) is 60.1 Å². The Balaban J connectivity index is 2.18. The minimum Gasteiger partial charge on any atom is -0.395 e.